The molecule has 0 rings (SSSR count). The Morgan fingerprint density at radius 3 is 1.24 bits per heavy atom. The maximum atomic E-state index is 5.82. The highest BCUT2D eigenvalue weighted by Crippen LogP contribution is 2.14. The van der Waals surface area contributed by atoms with Crippen LogP contribution in [0, 0.1) is 0 Å². The average molecular weight is 491 g/mol. The van der Waals surface area contributed by atoms with Gasteiger partial charge in [0.15, 0.2) is 0 Å². The van der Waals surface area contributed by atoms with Crippen molar-refractivity contribution in [2.24, 2.45) is 0 Å². The number of hydrogen-bond donors (Lipinski definition) is 0. The highest BCUT2D eigenvalue weighted by Gasteiger charge is 2.38. The summed E-state index contributed by atoms with van der Waals surface area (Å²) in [5.74, 6) is 0. The van der Waals surface area contributed by atoms with Gasteiger partial charge in [-0.1, -0.05) is 103 Å². The van der Waals surface area contributed by atoms with Crippen molar-refractivity contribution in [3.8, 4) is 0 Å². The van der Waals surface area contributed by atoms with Crippen molar-refractivity contribution in [2.75, 3.05) is 61.4 Å². The summed E-state index contributed by atoms with van der Waals surface area (Å²) >= 11 is 0. The van der Waals surface area contributed by atoms with Gasteiger partial charge in [0.1, 0.15) is 12.8 Å². The second-order valence-corrected chi connectivity index (χ2v) is 13.3. The van der Waals surface area contributed by atoms with Crippen molar-refractivity contribution in [1.29, 1.82) is 0 Å². The molecule has 0 aliphatic carbocycles. The highest BCUT2D eigenvalue weighted by molar-refractivity contribution is 6.60. The zero-order valence-corrected chi connectivity index (χ0v) is 24.4. The van der Waals surface area contributed by atoms with Crippen molar-refractivity contribution >= 4 is 8.80 Å². The first-order valence-electron chi connectivity index (χ1n) is 14.0. The Bertz CT molecular complexity index is 397. The van der Waals surface area contributed by atoms with E-state index in [1.54, 1.807) is 21.3 Å². The standard InChI is InChI=1S/C27H60NO4Si/c1-7-8-9-10-11-12-13-14-15-16-17-18-19-20-21-22-23-24-28(2,3)25-26-32-27-33(29-4,30-5)31-6/h7-27H2,1-6H3/q+1. The molecule has 0 amide bonds. The number of ether oxygens (including phenoxy) is 1. The molecule has 0 aromatic rings. The van der Waals surface area contributed by atoms with E-state index < -0.39 is 8.80 Å². The van der Waals surface area contributed by atoms with Gasteiger partial charge in [-0.05, 0) is 12.8 Å². The Labute approximate surface area is 208 Å². The van der Waals surface area contributed by atoms with Gasteiger partial charge in [-0.3, -0.25) is 0 Å². The molecule has 33 heavy (non-hydrogen) atoms. The van der Waals surface area contributed by atoms with Crippen molar-refractivity contribution in [3.05, 3.63) is 0 Å². The van der Waals surface area contributed by atoms with E-state index in [4.69, 9.17) is 18.0 Å². The fourth-order valence-electron chi connectivity index (χ4n) is 4.31. The predicted octanol–water partition coefficient (Wildman–Crippen LogP) is 7.15. The summed E-state index contributed by atoms with van der Waals surface area (Å²) < 4.78 is 23.0. The first-order chi connectivity index (χ1) is 15.9. The second-order valence-electron chi connectivity index (χ2n) is 10.4. The van der Waals surface area contributed by atoms with E-state index in [0.29, 0.717) is 12.8 Å². The maximum Gasteiger partial charge on any atom is 0.527 e. The lowest BCUT2D eigenvalue weighted by Crippen LogP contribution is -2.49. The van der Waals surface area contributed by atoms with Crippen LogP contribution in [0.5, 0.6) is 0 Å². The van der Waals surface area contributed by atoms with Crippen LogP contribution in [0.15, 0.2) is 0 Å². The summed E-state index contributed by atoms with van der Waals surface area (Å²) in [5, 5.41) is 0. The molecular weight excluding hydrogens is 430 g/mol. The van der Waals surface area contributed by atoms with E-state index in [-0.39, 0.29) is 0 Å². The first kappa shape index (κ1) is 33.0. The van der Waals surface area contributed by atoms with Gasteiger partial charge in [0, 0.05) is 21.3 Å². The van der Waals surface area contributed by atoms with Crippen molar-refractivity contribution in [1.82, 2.24) is 0 Å². The van der Waals surface area contributed by atoms with Crippen LogP contribution in [0.4, 0.5) is 0 Å². The summed E-state index contributed by atoms with van der Waals surface area (Å²) in [5.41, 5.74) is 0. The molecule has 200 valence electrons. The number of rotatable bonds is 26. The Morgan fingerprint density at radius 2 is 0.879 bits per heavy atom. The quantitative estimate of drug-likeness (QED) is 0.0733. The van der Waals surface area contributed by atoms with Crippen molar-refractivity contribution < 1.29 is 22.5 Å². The van der Waals surface area contributed by atoms with Crippen LogP contribution in [0.2, 0.25) is 0 Å². The van der Waals surface area contributed by atoms with Crippen LogP contribution in [0.1, 0.15) is 116 Å². The molecule has 0 heterocycles. The van der Waals surface area contributed by atoms with E-state index in [1.807, 2.05) is 0 Å². The van der Waals surface area contributed by atoms with E-state index in [2.05, 4.69) is 21.0 Å². The molecule has 0 saturated heterocycles. The molecule has 6 heteroatoms. The third-order valence-electron chi connectivity index (χ3n) is 6.92. The minimum atomic E-state index is -2.61. The number of likely N-dealkylation sites (N-methyl/N-ethyl adjacent to an activating group) is 1. The zero-order valence-electron chi connectivity index (χ0n) is 23.4. The zero-order chi connectivity index (χ0) is 24.7. The van der Waals surface area contributed by atoms with Crippen LogP contribution < -0.4 is 0 Å². The van der Waals surface area contributed by atoms with Crippen molar-refractivity contribution in [3.63, 3.8) is 0 Å². The molecule has 0 aliphatic heterocycles. The van der Waals surface area contributed by atoms with Crippen LogP contribution in [0.3, 0.4) is 0 Å². The molecule has 0 N–H and O–H groups in total. The lowest BCUT2D eigenvalue weighted by molar-refractivity contribution is -0.890. The van der Waals surface area contributed by atoms with Gasteiger partial charge in [0.2, 0.25) is 0 Å². The molecule has 0 unspecified atom stereocenters. The molecule has 0 fully saturated rings. The van der Waals surface area contributed by atoms with Crippen LogP contribution >= 0.6 is 0 Å². The van der Waals surface area contributed by atoms with Gasteiger partial charge in [-0.2, -0.15) is 0 Å². The maximum absolute atomic E-state index is 5.82. The summed E-state index contributed by atoms with van der Waals surface area (Å²) in [6.45, 7) is 5.21. The molecule has 0 aromatic carbocycles. The summed E-state index contributed by atoms with van der Waals surface area (Å²) in [7, 11) is 6.86. The summed E-state index contributed by atoms with van der Waals surface area (Å²) in [6.07, 6.45) is 24.6. The van der Waals surface area contributed by atoms with Crippen molar-refractivity contribution in [2.45, 2.75) is 116 Å². The van der Waals surface area contributed by atoms with Crippen LogP contribution in [-0.4, -0.2) is 74.6 Å². The number of hydrogen-bond acceptors (Lipinski definition) is 4. The van der Waals surface area contributed by atoms with Gasteiger partial charge in [-0.15, -0.1) is 0 Å². The first-order valence-corrected chi connectivity index (χ1v) is 15.9. The van der Waals surface area contributed by atoms with Gasteiger partial charge in [0.25, 0.3) is 0 Å². The Balaban J connectivity index is 3.44. The van der Waals surface area contributed by atoms with E-state index in [9.17, 15) is 0 Å². The smallest absolute Gasteiger partial charge is 0.375 e. The lowest BCUT2D eigenvalue weighted by Gasteiger charge is -2.30. The Hall–Kier alpha value is 0.0169. The molecule has 5 nitrogen and oxygen atoms in total. The minimum absolute atomic E-state index is 0.412. The molecule has 0 radical (unpaired) electrons. The second kappa shape index (κ2) is 22.5. The topological polar surface area (TPSA) is 36.9 Å². The van der Waals surface area contributed by atoms with E-state index >= 15 is 0 Å². The fraction of sp³-hybridized carbons (Fsp3) is 1.00. The van der Waals surface area contributed by atoms with Crippen LogP contribution in [0.25, 0.3) is 0 Å². The lowest BCUT2D eigenvalue weighted by atomic mass is 10.0. The largest absolute Gasteiger partial charge is 0.527 e. The van der Waals surface area contributed by atoms with E-state index in [0.717, 1.165) is 11.0 Å². The van der Waals surface area contributed by atoms with Gasteiger partial charge in [-0.25, -0.2) is 0 Å². The van der Waals surface area contributed by atoms with Gasteiger partial charge in [0.05, 0.1) is 27.2 Å². The molecule has 0 spiro atoms. The summed E-state index contributed by atoms with van der Waals surface area (Å²) in [6, 6.07) is 0. The molecular formula is C27H60NO4Si+. The molecule has 0 bridgehead atoms. The minimum Gasteiger partial charge on any atom is -0.375 e. The SMILES string of the molecule is CCCCCCCCCCCCCCCCCCC[N+](C)(C)CCOC[Si](OC)(OC)OC. The number of nitrogens with zero attached hydrogens (tertiary/aromatic N) is 1. The van der Waals surface area contributed by atoms with Crippen LogP contribution in [-0.2, 0) is 18.0 Å². The monoisotopic (exact) mass is 490 g/mol. The predicted molar refractivity (Wildman–Crippen MR) is 144 cm³/mol. The average Bonchev–Trinajstić information content (AvgIpc) is 2.81. The third-order valence-corrected chi connectivity index (χ3v) is 9.34. The highest BCUT2D eigenvalue weighted by atomic mass is 28.4. The molecule has 0 aromatic heterocycles. The third kappa shape index (κ3) is 20.0. The number of quaternary nitrogens is 1. The van der Waals surface area contributed by atoms with E-state index in [1.165, 1.54) is 116 Å². The van der Waals surface area contributed by atoms with Gasteiger partial charge < -0.3 is 22.5 Å². The fourth-order valence-corrected chi connectivity index (χ4v) is 5.56. The normalized spacial score (nSPS) is 12.5. The van der Waals surface area contributed by atoms with Gasteiger partial charge >= 0.3 is 8.80 Å². The Morgan fingerprint density at radius 1 is 0.515 bits per heavy atom. The molecule has 0 saturated carbocycles. The Kier molecular flexibility index (Phi) is 22.5. The molecule has 0 atom stereocenters. The molecule has 0 aliphatic rings. The number of unbranched alkanes of at least 4 members (excludes halogenated alkanes) is 16. The summed E-state index contributed by atoms with van der Waals surface area (Å²) in [4.78, 5) is 0.